The van der Waals surface area contributed by atoms with Gasteiger partial charge in [-0.15, -0.1) is 0 Å². The van der Waals surface area contributed by atoms with Crippen LogP contribution in [-0.2, 0) is 6.42 Å². The van der Waals surface area contributed by atoms with Crippen LogP contribution in [0.25, 0.3) is 0 Å². The van der Waals surface area contributed by atoms with Crippen molar-refractivity contribution in [1.29, 1.82) is 0 Å². The summed E-state index contributed by atoms with van der Waals surface area (Å²) in [4.78, 5) is 0. The van der Waals surface area contributed by atoms with Crippen molar-refractivity contribution in [3.05, 3.63) is 63.6 Å². The Balaban J connectivity index is 2.00. The lowest BCUT2D eigenvalue weighted by Crippen LogP contribution is -2.17. The third-order valence-electron chi connectivity index (χ3n) is 4.31. The fourth-order valence-corrected chi connectivity index (χ4v) is 3.65. The number of rotatable bonds is 3. The van der Waals surface area contributed by atoms with E-state index in [0.29, 0.717) is 0 Å². The summed E-state index contributed by atoms with van der Waals surface area (Å²) in [7, 11) is 1.65. The Morgan fingerprint density at radius 3 is 2.86 bits per heavy atom. The van der Waals surface area contributed by atoms with Gasteiger partial charge in [0.05, 0.1) is 13.2 Å². The van der Waals surface area contributed by atoms with Crippen LogP contribution in [0, 0.1) is 0 Å². The zero-order chi connectivity index (χ0) is 14.8. The second-order valence-electron chi connectivity index (χ2n) is 5.53. The molecule has 2 aromatic rings. The molecule has 0 aliphatic heterocycles. The SMILES string of the molecule is COc1ccc(Br)cc1C(O)C1CCCc2ccccc21. The number of aliphatic hydroxyl groups is 1. The average Bonchev–Trinajstić information content (AvgIpc) is 2.53. The van der Waals surface area contributed by atoms with Crippen molar-refractivity contribution in [2.45, 2.75) is 31.3 Å². The highest BCUT2D eigenvalue weighted by Crippen LogP contribution is 2.43. The third-order valence-corrected chi connectivity index (χ3v) is 4.80. The lowest BCUT2D eigenvalue weighted by Gasteiger charge is -2.30. The van der Waals surface area contributed by atoms with Gasteiger partial charge in [-0.1, -0.05) is 40.2 Å². The highest BCUT2D eigenvalue weighted by atomic mass is 79.9. The van der Waals surface area contributed by atoms with E-state index in [1.54, 1.807) is 7.11 Å². The van der Waals surface area contributed by atoms with E-state index in [1.807, 2.05) is 18.2 Å². The topological polar surface area (TPSA) is 29.5 Å². The van der Waals surface area contributed by atoms with Crippen LogP contribution in [0.5, 0.6) is 5.75 Å². The highest BCUT2D eigenvalue weighted by molar-refractivity contribution is 9.10. The van der Waals surface area contributed by atoms with E-state index in [1.165, 1.54) is 11.1 Å². The molecule has 0 bridgehead atoms. The molecule has 110 valence electrons. The zero-order valence-corrected chi connectivity index (χ0v) is 13.6. The van der Waals surface area contributed by atoms with Crippen molar-refractivity contribution in [3.8, 4) is 5.75 Å². The smallest absolute Gasteiger partial charge is 0.124 e. The summed E-state index contributed by atoms with van der Waals surface area (Å²) in [5, 5.41) is 10.9. The molecule has 3 rings (SSSR count). The molecule has 0 radical (unpaired) electrons. The molecule has 0 aromatic heterocycles. The first-order valence-electron chi connectivity index (χ1n) is 7.30. The number of hydrogen-bond acceptors (Lipinski definition) is 2. The number of hydrogen-bond donors (Lipinski definition) is 1. The van der Waals surface area contributed by atoms with Crippen LogP contribution in [0.15, 0.2) is 46.9 Å². The number of ether oxygens (including phenoxy) is 1. The maximum absolute atomic E-state index is 10.9. The van der Waals surface area contributed by atoms with Crippen LogP contribution in [0.3, 0.4) is 0 Å². The summed E-state index contributed by atoms with van der Waals surface area (Å²) < 4.78 is 6.38. The molecule has 2 nitrogen and oxygen atoms in total. The van der Waals surface area contributed by atoms with E-state index >= 15 is 0 Å². The fraction of sp³-hybridized carbons (Fsp3) is 0.333. The van der Waals surface area contributed by atoms with Crippen LogP contribution < -0.4 is 4.74 Å². The maximum atomic E-state index is 10.9. The van der Waals surface area contributed by atoms with Gasteiger partial charge in [-0.25, -0.2) is 0 Å². The maximum Gasteiger partial charge on any atom is 0.124 e. The molecule has 0 saturated heterocycles. The molecule has 1 aliphatic carbocycles. The Morgan fingerprint density at radius 2 is 2.05 bits per heavy atom. The van der Waals surface area contributed by atoms with E-state index in [0.717, 1.165) is 35.0 Å². The molecule has 1 aliphatic rings. The predicted octanol–water partition coefficient (Wildman–Crippen LogP) is 4.61. The fourth-order valence-electron chi connectivity index (χ4n) is 3.27. The summed E-state index contributed by atoms with van der Waals surface area (Å²) in [5.74, 6) is 0.881. The van der Waals surface area contributed by atoms with Gasteiger partial charge < -0.3 is 9.84 Å². The molecule has 2 unspecified atom stereocenters. The van der Waals surface area contributed by atoms with Crippen LogP contribution in [0.1, 0.15) is 41.6 Å². The van der Waals surface area contributed by atoms with Gasteiger partial charge >= 0.3 is 0 Å². The molecular formula is C18H19BrO2. The molecule has 0 saturated carbocycles. The Hall–Kier alpha value is -1.32. The Bertz CT molecular complexity index is 639. The van der Waals surface area contributed by atoms with Crippen molar-refractivity contribution in [3.63, 3.8) is 0 Å². The molecular weight excluding hydrogens is 328 g/mol. The summed E-state index contributed by atoms with van der Waals surface area (Å²) >= 11 is 3.48. The van der Waals surface area contributed by atoms with E-state index in [2.05, 4.69) is 40.2 Å². The third kappa shape index (κ3) is 2.85. The van der Waals surface area contributed by atoms with Gasteiger partial charge in [0.2, 0.25) is 0 Å². The Morgan fingerprint density at radius 1 is 1.24 bits per heavy atom. The molecule has 3 heteroatoms. The Labute approximate surface area is 133 Å². The van der Waals surface area contributed by atoms with Gasteiger partial charge in [0.25, 0.3) is 0 Å². The number of benzene rings is 2. The second kappa shape index (κ2) is 6.20. The molecule has 2 atom stereocenters. The first-order valence-corrected chi connectivity index (χ1v) is 8.09. The lowest BCUT2D eigenvalue weighted by atomic mass is 9.78. The number of methoxy groups -OCH3 is 1. The van der Waals surface area contributed by atoms with Crippen LogP contribution in [-0.4, -0.2) is 12.2 Å². The minimum Gasteiger partial charge on any atom is -0.496 e. The van der Waals surface area contributed by atoms with E-state index in [9.17, 15) is 5.11 Å². The van der Waals surface area contributed by atoms with Crippen LogP contribution in [0.4, 0.5) is 0 Å². The van der Waals surface area contributed by atoms with Crippen molar-refractivity contribution in [1.82, 2.24) is 0 Å². The summed E-state index contributed by atoms with van der Waals surface area (Å²) in [6.45, 7) is 0. The van der Waals surface area contributed by atoms with Crippen molar-refractivity contribution < 1.29 is 9.84 Å². The molecule has 0 amide bonds. The summed E-state index contributed by atoms with van der Waals surface area (Å²) in [6.07, 6.45) is 2.69. The quantitative estimate of drug-likeness (QED) is 0.879. The highest BCUT2D eigenvalue weighted by Gasteiger charge is 2.29. The van der Waals surface area contributed by atoms with Gasteiger partial charge in [0, 0.05) is 16.0 Å². The van der Waals surface area contributed by atoms with E-state index in [4.69, 9.17) is 4.74 Å². The molecule has 0 heterocycles. The zero-order valence-electron chi connectivity index (χ0n) is 12.1. The standard InChI is InChI=1S/C18H19BrO2/c1-21-17-10-9-13(19)11-16(17)18(20)15-8-4-6-12-5-2-3-7-14(12)15/h2-3,5,7,9-11,15,18,20H,4,6,8H2,1H3. The van der Waals surface area contributed by atoms with Crippen molar-refractivity contribution >= 4 is 15.9 Å². The number of halogens is 1. The molecule has 0 spiro atoms. The van der Waals surface area contributed by atoms with Gasteiger partial charge in [-0.3, -0.25) is 0 Å². The van der Waals surface area contributed by atoms with Crippen molar-refractivity contribution in [2.75, 3.05) is 7.11 Å². The average molecular weight is 347 g/mol. The predicted molar refractivity (Wildman–Crippen MR) is 87.8 cm³/mol. The summed E-state index contributed by atoms with van der Waals surface area (Å²) in [5.41, 5.74) is 3.49. The van der Waals surface area contributed by atoms with Crippen LogP contribution in [0.2, 0.25) is 0 Å². The number of aliphatic hydroxyl groups excluding tert-OH is 1. The molecule has 1 N–H and O–H groups in total. The van der Waals surface area contributed by atoms with Gasteiger partial charge in [0.1, 0.15) is 5.75 Å². The van der Waals surface area contributed by atoms with E-state index in [-0.39, 0.29) is 5.92 Å². The summed E-state index contributed by atoms with van der Waals surface area (Å²) in [6, 6.07) is 14.2. The second-order valence-corrected chi connectivity index (χ2v) is 6.44. The van der Waals surface area contributed by atoms with Gasteiger partial charge in [-0.2, -0.15) is 0 Å². The van der Waals surface area contributed by atoms with Crippen molar-refractivity contribution in [2.24, 2.45) is 0 Å². The first-order chi connectivity index (χ1) is 10.2. The normalized spacial score (nSPS) is 18.9. The number of fused-ring (bicyclic) bond motifs is 1. The molecule has 21 heavy (non-hydrogen) atoms. The molecule has 2 aromatic carbocycles. The minimum atomic E-state index is -0.543. The first kappa shape index (κ1) is 14.6. The van der Waals surface area contributed by atoms with Gasteiger partial charge in [-0.05, 0) is 48.6 Å². The van der Waals surface area contributed by atoms with Crippen LogP contribution >= 0.6 is 15.9 Å². The lowest BCUT2D eigenvalue weighted by molar-refractivity contribution is 0.132. The monoisotopic (exact) mass is 346 g/mol. The molecule has 0 fully saturated rings. The number of aryl methyl sites for hydroxylation is 1. The minimum absolute atomic E-state index is 0.137. The largest absolute Gasteiger partial charge is 0.496 e. The van der Waals surface area contributed by atoms with Gasteiger partial charge in [0.15, 0.2) is 0 Å². The van der Waals surface area contributed by atoms with E-state index < -0.39 is 6.10 Å². The Kier molecular flexibility index (Phi) is 4.32.